The lowest BCUT2D eigenvalue weighted by Crippen LogP contribution is -2.61. The van der Waals surface area contributed by atoms with Crippen molar-refractivity contribution < 1.29 is 34.0 Å². The van der Waals surface area contributed by atoms with Crippen LogP contribution in [0.5, 0.6) is 5.75 Å². The molecule has 5 atom stereocenters. The highest BCUT2D eigenvalue weighted by Crippen LogP contribution is 2.27. The number of aliphatic hydroxyl groups is 2. The summed E-state index contributed by atoms with van der Waals surface area (Å²) in [5, 5.41) is 21.3. The average molecular weight is 540 g/mol. The van der Waals surface area contributed by atoms with Crippen LogP contribution in [0.2, 0.25) is 0 Å². The van der Waals surface area contributed by atoms with Gasteiger partial charge in [0.15, 0.2) is 0 Å². The number of esters is 1. The number of benzene rings is 2. The zero-order valence-corrected chi connectivity index (χ0v) is 19.2. The largest absolute Gasteiger partial charge is 0.462 e. The molecule has 0 radical (unpaired) electrons. The van der Waals surface area contributed by atoms with E-state index < -0.39 is 36.7 Å². The second-order valence-corrected chi connectivity index (χ2v) is 8.39. The van der Waals surface area contributed by atoms with Crippen molar-refractivity contribution in [1.82, 2.24) is 0 Å². The average Bonchev–Trinajstić information content (AvgIpc) is 2.76. The highest BCUT2D eigenvalue weighted by molar-refractivity contribution is 14.1. The van der Waals surface area contributed by atoms with Crippen LogP contribution in [0, 0.1) is 10.5 Å². The van der Waals surface area contributed by atoms with Crippen molar-refractivity contribution in [2.75, 3.05) is 13.2 Å². The molecule has 1 saturated heterocycles. The first-order valence-electron chi connectivity index (χ1n) is 9.79. The van der Waals surface area contributed by atoms with Gasteiger partial charge >= 0.3 is 5.97 Å². The molecule has 7 nitrogen and oxygen atoms in total. The minimum atomic E-state index is -1.27. The van der Waals surface area contributed by atoms with Crippen molar-refractivity contribution in [1.29, 1.82) is 0 Å². The van der Waals surface area contributed by atoms with Crippen molar-refractivity contribution >= 4 is 28.6 Å². The van der Waals surface area contributed by atoms with E-state index in [1.54, 1.807) is 24.3 Å². The van der Waals surface area contributed by atoms with E-state index >= 15 is 0 Å². The van der Waals surface area contributed by atoms with Gasteiger partial charge in [-0.3, -0.25) is 0 Å². The molecular weight excluding hydrogens is 515 g/mol. The number of halogens is 1. The Hall–Kier alpha value is -1.98. The first kappa shape index (κ1) is 23.7. The highest BCUT2D eigenvalue weighted by atomic mass is 127. The Balaban J connectivity index is 1.70. The van der Waals surface area contributed by atoms with E-state index in [1.165, 1.54) is 6.08 Å². The molecule has 1 aliphatic rings. The quantitative estimate of drug-likeness (QED) is 0.302. The standard InChI is InChI=1S/C23H25IO7/c1-3-12-28-21-19(25)18(13-29-22(27)15-6-4-14(2)5-7-15)31-23(20(21)26)30-17-10-8-16(24)9-11-17/h3-11,18-21,23,25-26H,1,12-13H2,2H3/t18-,19-,20-,21+,23-/m1/s1. The van der Waals surface area contributed by atoms with E-state index in [4.69, 9.17) is 18.9 Å². The van der Waals surface area contributed by atoms with Gasteiger partial charge in [0, 0.05) is 3.57 Å². The summed E-state index contributed by atoms with van der Waals surface area (Å²) in [5.74, 6) is -0.0562. The van der Waals surface area contributed by atoms with Crippen LogP contribution in [-0.2, 0) is 14.2 Å². The van der Waals surface area contributed by atoms with E-state index in [9.17, 15) is 15.0 Å². The molecule has 1 heterocycles. The van der Waals surface area contributed by atoms with E-state index in [0.29, 0.717) is 11.3 Å². The van der Waals surface area contributed by atoms with E-state index in [0.717, 1.165) is 9.13 Å². The number of aliphatic hydroxyl groups excluding tert-OH is 2. The van der Waals surface area contributed by atoms with Crippen molar-refractivity contribution in [2.24, 2.45) is 0 Å². The van der Waals surface area contributed by atoms with Crippen LogP contribution in [0.4, 0.5) is 0 Å². The SMILES string of the molecule is C=CCO[C@@H]1[C@@H](O)[C@H](Oc2ccc(I)cc2)O[C@H](COC(=O)c2ccc(C)cc2)[C@H]1O. The van der Waals surface area contributed by atoms with Crippen molar-refractivity contribution in [3.8, 4) is 5.75 Å². The summed E-state index contributed by atoms with van der Waals surface area (Å²) in [5.41, 5.74) is 1.41. The van der Waals surface area contributed by atoms with Crippen LogP contribution in [0.25, 0.3) is 0 Å². The Labute approximate surface area is 194 Å². The molecule has 0 aliphatic carbocycles. The summed E-state index contributed by atoms with van der Waals surface area (Å²) in [7, 11) is 0. The first-order valence-corrected chi connectivity index (χ1v) is 10.9. The number of rotatable bonds is 8. The lowest BCUT2D eigenvalue weighted by Gasteiger charge is -2.41. The molecule has 0 unspecified atom stereocenters. The molecule has 0 saturated carbocycles. The Morgan fingerprint density at radius 2 is 1.81 bits per heavy atom. The van der Waals surface area contributed by atoms with Crippen molar-refractivity contribution in [3.05, 3.63) is 75.9 Å². The van der Waals surface area contributed by atoms with Crippen LogP contribution in [0.1, 0.15) is 15.9 Å². The fourth-order valence-corrected chi connectivity index (χ4v) is 3.45. The van der Waals surface area contributed by atoms with Gasteiger partial charge in [0.05, 0.1) is 12.2 Å². The normalized spacial score (nSPS) is 25.6. The molecule has 1 fully saturated rings. The highest BCUT2D eigenvalue weighted by Gasteiger charge is 2.47. The number of hydrogen-bond donors (Lipinski definition) is 2. The number of carbonyl (C=O) groups excluding carboxylic acids is 1. The molecule has 0 amide bonds. The third-order valence-electron chi connectivity index (χ3n) is 4.78. The summed E-state index contributed by atoms with van der Waals surface area (Å²) in [6.07, 6.45) is -4.09. The molecular formula is C23H25IO7. The summed E-state index contributed by atoms with van der Waals surface area (Å²) in [4.78, 5) is 12.3. The first-order chi connectivity index (χ1) is 14.9. The van der Waals surface area contributed by atoms with Crippen LogP contribution in [-0.4, -0.2) is 60.1 Å². The topological polar surface area (TPSA) is 94.5 Å². The van der Waals surface area contributed by atoms with Gasteiger partial charge in [-0.1, -0.05) is 23.8 Å². The maximum atomic E-state index is 12.3. The smallest absolute Gasteiger partial charge is 0.338 e. The Kier molecular flexibility index (Phi) is 8.44. The molecule has 166 valence electrons. The third kappa shape index (κ3) is 6.27. The lowest BCUT2D eigenvalue weighted by atomic mass is 9.99. The zero-order valence-electron chi connectivity index (χ0n) is 17.0. The van der Waals surface area contributed by atoms with Crippen LogP contribution >= 0.6 is 22.6 Å². The van der Waals surface area contributed by atoms with Gasteiger partial charge in [-0.15, -0.1) is 6.58 Å². The summed E-state index contributed by atoms with van der Waals surface area (Å²) >= 11 is 2.17. The summed E-state index contributed by atoms with van der Waals surface area (Å²) in [6.45, 7) is 5.39. The molecule has 2 aromatic rings. The zero-order chi connectivity index (χ0) is 22.4. The van der Waals surface area contributed by atoms with Gasteiger partial charge in [0.1, 0.15) is 36.8 Å². The summed E-state index contributed by atoms with van der Waals surface area (Å²) in [6, 6.07) is 14.1. The molecule has 3 rings (SSSR count). The molecule has 1 aliphatic heterocycles. The van der Waals surface area contributed by atoms with Gasteiger partial charge in [0.25, 0.3) is 0 Å². The van der Waals surface area contributed by atoms with Crippen LogP contribution < -0.4 is 4.74 Å². The van der Waals surface area contributed by atoms with E-state index in [1.807, 2.05) is 31.2 Å². The van der Waals surface area contributed by atoms with Gasteiger partial charge in [-0.2, -0.15) is 0 Å². The minimum Gasteiger partial charge on any atom is -0.462 e. The maximum Gasteiger partial charge on any atom is 0.338 e. The number of ether oxygens (including phenoxy) is 4. The summed E-state index contributed by atoms with van der Waals surface area (Å²) < 4.78 is 23.5. The predicted molar refractivity (Wildman–Crippen MR) is 122 cm³/mol. The number of carbonyl (C=O) groups is 1. The molecule has 0 bridgehead atoms. The minimum absolute atomic E-state index is 0.116. The monoisotopic (exact) mass is 540 g/mol. The van der Waals surface area contributed by atoms with Crippen molar-refractivity contribution in [3.63, 3.8) is 0 Å². The maximum absolute atomic E-state index is 12.3. The van der Waals surface area contributed by atoms with Gasteiger partial charge in [-0.05, 0) is 65.9 Å². The fourth-order valence-electron chi connectivity index (χ4n) is 3.09. The van der Waals surface area contributed by atoms with Crippen LogP contribution in [0.3, 0.4) is 0 Å². The predicted octanol–water partition coefficient (Wildman–Crippen LogP) is 2.85. The van der Waals surface area contributed by atoms with Crippen molar-refractivity contribution in [2.45, 2.75) is 37.6 Å². The van der Waals surface area contributed by atoms with Gasteiger partial charge < -0.3 is 29.2 Å². The Morgan fingerprint density at radius 1 is 1.13 bits per heavy atom. The van der Waals surface area contributed by atoms with E-state index in [-0.39, 0.29) is 13.2 Å². The third-order valence-corrected chi connectivity index (χ3v) is 5.50. The molecule has 2 N–H and O–H groups in total. The lowest BCUT2D eigenvalue weighted by molar-refractivity contribution is -0.284. The second-order valence-electron chi connectivity index (χ2n) is 7.15. The number of hydrogen-bond acceptors (Lipinski definition) is 7. The molecule has 0 spiro atoms. The van der Waals surface area contributed by atoms with Gasteiger partial charge in [0.2, 0.25) is 6.29 Å². The fraction of sp³-hybridized carbons (Fsp3) is 0.348. The molecule has 8 heteroatoms. The molecule has 0 aromatic heterocycles. The second kappa shape index (κ2) is 11.1. The van der Waals surface area contributed by atoms with E-state index in [2.05, 4.69) is 29.2 Å². The molecule has 31 heavy (non-hydrogen) atoms. The van der Waals surface area contributed by atoms with Crippen LogP contribution in [0.15, 0.2) is 61.2 Å². The number of aryl methyl sites for hydroxylation is 1. The Morgan fingerprint density at radius 3 is 2.45 bits per heavy atom. The Bertz CT molecular complexity index is 868. The van der Waals surface area contributed by atoms with Gasteiger partial charge in [-0.25, -0.2) is 4.79 Å². The molecule has 2 aromatic carbocycles.